The minimum Gasteiger partial charge on any atom is -0.452 e. The molecular formula is C14H23BrN2O3S. The quantitative estimate of drug-likeness (QED) is 0.855. The summed E-state index contributed by atoms with van der Waals surface area (Å²) < 4.78 is 32.9. The van der Waals surface area contributed by atoms with Crippen molar-refractivity contribution in [2.24, 2.45) is 5.92 Å². The van der Waals surface area contributed by atoms with E-state index in [-0.39, 0.29) is 15.6 Å². The van der Waals surface area contributed by atoms with Crippen LogP contribution in [0.5, 0.6) is 0 Å². The third-order valence-corrected chi connectivity index (χ3v) is 6.99. The molecule has 1 N–H and O–H groups in total. The minimum absolute atomic E-state index is 0.0679. The van der Waals surface area contributed by atoms with Crippen LogP contribution in [0.25, 0.3) is 0 Å². The Morgan fingerprint density at radius 3 is 2.71 bits per heavy atom. The van der Waals surface area contributed by atoms with E-state index in [1.807, 2.05) is 0 Å². The highest BCUT2D eigenvalue weighted by atomic mass is 79.9. The second kappa shape index (κ2) is 6.81. The van der Waals surface area contributed by atoms with Crippen LogP contribution in [0.15, 0.2) is 20.0 Å². The number of nitrogens with zero attached hydrogens (tertiary/aromatic N) is 1. The van der Waals surface area contributed by atoms with Crippen LogP contribution in [-0.4, -0.2) is 32.9 Å². The van der Waals surface area contributed by atoms with E-state index in [2.05, 4.69) is 28.2 Å². The number of hydrogen-bond donors (Lipinski definition) is 1. The number of nitrogens with one attached hydrogen (secondary N) is 1. The molecule has 0 bridgehead atoms. The van der Waals surface area contributed by atoms with Gasteiger partial charge >= 0.3 is 0 Å². The summed E-state index contributed by atoms with van der Waals surface area (Å²) in [6, 6.07) is 1.67. The van der Waals surface area contributed by atoms with Crippen molar-refractivity contribution in [2.75, 3.05) is 14.1 Å². The van der Waals surface area contributed by atoms with Crippen molar-refractivity contribution in [3.8, 4) is 0 Å². The second-order valence-corrected chi connectivity index (χ2v) is 8.42. The SMILES string of the molecule is CNCc1cc(S(=O)(=O)N(C)C2CCCCC2C)c(Br)o1. The van der Waals surface area contributed by atoms with Gasteiger partial charge in [0.05, 0.1) is 6.54 Å². The molecule has 1 fully saturated rings. The van der Waals surface area contributed by atoms with Gasteiger partial charge in [0.2, 0.25) is 10.0 Å². The second-order valence-electron chi connectivity index (χ2n) is 5.73. The highest BCUT2D eigenvalue weighted by Gasteiger charge is 2.35. The summed E-state index contributed by atoms with van der Waals surface area (Å²) in [5.41, 5.74) is 0. The topological polar surface area (TPSA) is 62.6 Å². The molecule has 0 spiro atoms. The normalized spacial score (nSPS) is 23.7. The molecular weight excluding hydrogens is 356 g/mol. The Morgan fingerprint density at radius 1 is 1.43 bits per heavy atom. The summed E-state index contributed by atoms with van der Waals surface area (Å²) in [4.78, 5) is 0.216. The first kappa shape index (κ1) is 17.0. The van der Waals surface area contributed by atoms with Gasteiger partial charge in [-0.15, -0.1) is 0 Å². The largest absolute Gasteiger partial charge is 0.452 e. The molecule has 2 rings (SSSR count). The Labute approximate surface area is 135 Å². The summed E-state index contributed by atoms with van der Waals surface area (Å²) in [6.45, 7) is 2.63. The van der Waals surface area contributed by atoms with Crippen LogP contribution in [0, 0.1) is 5.92 Å². The first-order valence-corrected chi connectivity index (χ1v) is 9.52. The maximum Gasteiger partial charge on any atom is 0.247 e. The van der Waals surface area contributed by atoms with Gasteiger partial charge in [-0.05, 0) is 41.7 Å². The van der Waals surface area contributed by atoms with Crippen LogP contribution in [0.1, 0.15) is 38.4 Å². The number of sulfonamides is 1. The van der Waals surface area contributed by atoms with Gasteiger partial charge in [0, 0.05) is 19.2 Å². The van der Waals surface area contributed by atoms with E-state index in [1.54, 1.807) is 20.2 Å². The lowest BCUT2D eigenvalue weighted by atomic mass is 9.86. The van der Waals surface area contributed by atoms with Crippen molar-refractivity contribution in [1.29, 1.82) is 0 Å². The average Bonchev–Trinajstić information content (AvgIpc) is 2.80. The van der Waals surface area contributed by atoms with Crippen molar-refractivity contribution in [1.82, 2.24) is 9.62 Å². The number of furan rings is 1. The molecule has 0 aliphatic heterocycles. The maximum atomic E-state index is 12.8. The molecule has 2 atom stereocenters. The summed E-state index contributed by atoms with van der Waals surface area (Å²) in [7, 11) is -0.0631. The Balaban J connectivity index is 2.28. The third kappa shape index (κ3) is 3.52. The van der Waals surface area contributed by atoms with E-state index >= 15 is 0 Å². The predicted molar refractivity (Wildman–Crippen MR) is 85.5 cm³/mol. The third-order valence-electron chi connectivity index (χ3n) is 4.25. The van der Waals surface area contributed by atoms with Crippen molar-refractivity contribution < 1.29 is 12.8 Å². The predicted octanol–water partition coefficient (Wildman–Crippen LogP) is 2.96. The van der Waals surface area contributed by atoms with Crippen LogP contribution in [0.4, 0.5) is 0 Å². The standard InChI is InChI=1S/C14H23BrN2O3S/c1-10-6-4-5-7-12(10)17(3)21(18,19)13-8-11(9-16-2)20-14(13)15/h8,10,12,16H,4-7,9H2,1-3H3. The summed E-state index contributed by atoms with van der Waals surface area (Å²) in [6.07, 6.45) is 4.29. The molecule has 1 heterocycles. The lowest BCUT2D eigenvalue weighted by Crippen LogP contribution is -2.42. The van der Waals surface area contributed by atoms with Crippen molar-refractivity contribution in [3.05, 3.63) is 16.5 Å². The molecule has 7 heteroatoms. The van der Waals surface area contributed by atoms with Gasteiger partial charge in [-0.2, -0.15) is 4.31 Å². The zero-order valence-corrected chi connectivity index (χ0v) is 15.1. The van der Waals surface area contributed by atoms with Gasteiger partial charge in [0.15, 0.2) is 4.67 Å². The van der Waals surface area contributed by atoms with Gasteiger partial charge in [0.1, 0.15) is 10.7 Å². The molecule has 0 amide bonds. The lowest BCUT2D eigenvalue weighted by molar-refractivity contribution is 0.213. The molecule has 1 saturated carbocycles. The Hall–Kier alpha value is -0.370. The van der Waals surface area contributed by atoms with Gasteiger partial charge in [0.25, 0.3) is 0 Å². The van der Waals surface area contributed by atoms with Crippen molar-refractivity contribution in [3.63, 3.8) is 0 Å². The average molecular weight is 379 g/mol. The zero-order chi connectivity index (χ0) is 15.6. The molecule has 120 valence electrons. The monoisotopic (exact) mass is 378 g/mol. The van der Waals surface area contributed by atoms with Crippen molar-refractivity contribution >= 4 is 26.0 Å². The summed E-state index contributed by atoms with van der Waals surface area (Å²) in [5.74, 6) is 0.994. The van der Waals surface area contributed by atoms with Crippen LogP contribution >= 0.6 is 15.9 Å². The molecule has 1 aliphatic carbocycles. The van der Waals surface area contributed by atoms with Gasteiger partial charge in [-0.3, -0.25) is 0 Å². The van der Waals surface area contributed by atoms with E-state index in [4.69, 9.17) is 4.42 Å². The molecule has 2 unspecified atom stereocenters. The number of rotatable bonds is 5. The summed E-state index contributed by atoms with van der Waals surface area (Å²) >= 11 is 3.23. The molecule has 1 aromatic heterocycles. The highest BCUT2D eigenvalue weighted by Crippen LogP contribution is 2.34. The smallest absolute Gasteiger partial charge is 0.247 e. The van der Waals surface area contributed by atoms with Crippen LogP contribution < -0.4 is 5.32 Å². The van der Waals surface area contributed by atoms with Crippen LogP contribution in [-0.2, 0) is 16.6 Å². The van der Waals surface area contributed by atoms with E-state index < -0.39 is 10.0 Å². The fourth-order valence-electron chi connectivity index (χ4n) is 3.01. The van der Waals surface area contributed by atoms with Gasteiger partial charge in [-0.25, -0.2) is 8.42 Å². The highest BCUT2D eigenvalue weighted by molar-refractivity contribution is 9.10. The molecule has 21 heavy (non-hydrogen) atoms. The van der Waals surface area contributed by atoms with E-state index in [0.29, 0.717) is 18.2 Å². The number of halogens is 1. The van der Waals surface area contributed by atoms with E-state index in [0.717, 1.165) is 19.3 Å². The van der Waals surface area contributed by atoms with E-state index in [1.165, 1.54) is 10.7 Å². The Kier molecular flexibility index (Phi) is 5.51. The fraction of sp³-hybridized carbons (Fsp3) is 0.714. The molecule has 1 aromatic rings. The number of hydrogen-bond acceptors (Lipinski definition) is 4. The van der Waals surface area contributed by atoms with Gasteiger partial charge in [-0.1, -0.05) is 19.8 Å². The zero-order valence-electron chi connectivity index (χ0n) is 12.7. The maximum absolute atomic E-state index is 12.8. The lowest BCUT2D eigenvalue weighted by Gasteiger charge is -2.35. The Morgan fingerprint density at radius 2 is 2.10 bits per heavy atom. The first-order chi connectivity index (χ1) is 9.87. The first-order valence-electron chi connectivity index (χ1n) is 7.28. The summed E-state index contributed by atoms with van der Waals surface area (Å²) in [5, 5.41) is 2.95. The molecule has 0 saturated heterocycles. The van der Waals surface area contributed by atoms with Crippen LogP contribution in [0.3, 0.4) is 0 Å². The molecule has 0 radical (unpaired) electrons. The molecule has 1 aliphatic rings. The Bertz CT molecular complexity index is 585. The molecule has 0 aromatic carbocycles. The van der Waals surface area contributed by atoms with Crippen molar-refractivity contribution in [2.45, 2.75) is 50.1 Å². The fourth-order valence-corrected chi connectivity index (χ4v) is 5.45. The minimum atomic E-state index is -3.53. The van der Waals surface area contributed by atoms with Crippen LogP contribution in [0.2, 0.25) is 0 Å². The van der Waals surface area contributed by atoms with Gasteiger partial charge < -0.3 is 9.73 Å². The van der Waals surface area contributed by atoms with E-state index in [9.17, 15) is 8.42 Å². The molecule has 5 nitrogen and oxygen atoms in total.